The molecule has 1 aromatic heterocycles. The highest BCUT2D eigenvalue weighted by Gasteiger charge is 2.57. The summed E-state index contributed by atoms with van der Waals surface area (Å²) in [5.74, 6) is -2.24. The first-order chi connectivity index (χ1) is 25.4. The van der Waals surface area contributed by atoms with Crippen LogP contribution < -0.4 is 10.1 Å². The van der Waals surface area contributed by atoms with Crippen molar-refractivity contribution >= 4 is 28.8 Å². The summed E-state index contributed by atoms with van der Waals surface area (Å²) >= 11 is 1.62. The topological polar surface area (TPSA) is 99.1 Å². The number of thiophene rings is 1. The fourth-order valence-electron chi connectivity index (χ4n) is 8.13. The van der Waals surface area contributed by atoms with Gasteiger partial charge in [0.15, 0.2) is 17.4 Å². The van der Waals surface area contributed by atoms with Crippen molar-refractivity contribution < 1.29 is 33.3 Å². The fourth-order valence-corrected chi connectivity index (χ4v) is 8.83. The summed E-state index contributed by atoms with van der Waals surface area (Å²) in [6.07, 6.45) is 5.86. The Morgan fingerprint density at radius 3 is 2.53 bits per heavy atom. The normalized spacial score (nSPS) is 23.1. The average Bonchev–Trinajstić information content (AvgIpc) is 3.76. The van der Waals surface area contributed by atoms with Crippen LogP contribution in [0.3, 0.4) is 0 Å². The Morgan fingerprint density at radius 1 is 1.02 bits per heavy atom. The molecule has 10 heteroatoms. The van der Waals surface area contributed by atoms with Crippen molar-refractivity contribution in [2.24, 2.45) is 5.41 Å². The number of urea groups is 1. The number of hydrogen-bond donors (Lipinski definition) is 3. The third kappa shape index (κ3) is 8.56. The van der Waals surface area contributed by atoms with Gasteiger partial charge in [-0.25, -0.2) is 13.6 Å². The zero-order chi connectivity index (χ0) is 37.8. The molecular weight excluding hydrogens is 695 g/mol. The van der Waals surface area contributed by atoms with Crippen LogP contribution in [0.25, 0.3) is 0 Å². The Morgan fingerprint density at radius 2 is 1.81 bits per heavy atom. The molecule has 2 amide bonds. The molecule has 0 spiro atoms. The second-order valence-electron chi connectivity index (χ2n) is 14.8. The molecule has 0 radical (unpaired) electrons. The molecule has 4 atom stereocenters. The molecule has 0 aliphatic heterocycles. The number of fused-ring (bicyclic) bond motifs is 8. The van der Waals surface area contributed by atoms with Crippen LogP contribution in [0.1, 0.15) is 90.2 Å². The number of benzene rings is 3. The van der Waals surface area contributed by atoms with E-state index in [9.17, 15) is 28.6 Å². The molecule has 280 valence electrons. The number of allylic oxidation sites excluding steroid dienone is 2. The van der Waals surface area contributed by atoms with E-state index in [2.05, 4.69) is 25.2 Å². The van der Waals surface area contributed by atoms with Gasteiger partial charge >= 0.3 is 6.03 Å². The number of rotatable bonds is 9. The monoisotopic (exact) mass is 742 g/mol. The maximum atomic E-state index is 14.4. The number of nitrogens with one attached hydrogen (secondary N) is 1. The van der Waals surface area contributed by atoms with Crippen molar-refractivity contribution in [2.75, 3.05) is 25.5 Å². The number of carbonyl (C=O) groups excluding carboxylic acids is 2. The number of carbonyl (C=O) groups is 2. The van der Waals surface area contributed by atoms with Gasteiger partial charge in [-0.05, 0) is 135 Å². The van der Waals surface area contributed by atoms with Crippen molar-refractivity contribution in [2.45, 2.75) is 82.8 Å². The van der Waals surface area contributed by atoms with Gasteiger partial charge in [0.2, 0.25) is 0 Å². The molecule has 0 saturated heterocycles. The highest BCUT2D eigenvalue weighted by molar-refractivity contribution is 7.09. The van der Waals surface area contributed by atoms with Crippen molar-refractivity contribution in [1.29, 1.82) is 0 Å². The first-order valence-electron chi connectivity index (χ1n) is 18.3. The third-order valence-electron chi connectivity index (χ3n) is 11.4. The largest absolute Gasteiger partial charge is 0.497 e. The van der Waals surface area contributed by atoms with Gasteiger partial charge < -0.3 is 25.2 Å². The van der Waals surface area contributed by atoms with E-state index in [4.69, 9.17) is 4.74 Å². The summed E-state index contributed by atoms with van der Waals surface area (Å²) in [4.78, 5) is 31.1. The number of nitrogens with zero attached hydrogens (tertiary/aromatic N) is 1. The molecule has 1 heterocycles. The minimum atomic E-state index is -1.35. The van der Waals surface area contributed by atoms with Crippen LogP contribution in [0.4, 0.5) is 19.3 Å². The van der Waals surface area contributed by atoms with Crippen LogP contribution in [0.2, 0.25) is 0 Å². The standard InChI is InChI=1S/C43H48F2N2O5S/c1-28-6-4-20-42(2)37(35-16-9-29(24-32(48)13-8-28)25-36(35)40(49)30-10-17-38(44)39(45)26-30)18-21-43(42,51)27-47(22-19-34-7-5-23-53-34)41(50)46-31-11-14-33(52-3)15-12-31/h5-7,9-12,14-17,23,25-26,32,37,48,51H,4,8,13,18-22,24,27H2,1-3H3,(H,46,50)/t32-,37-,42-,43+/m0/s1. The number of ether oxygens (including phenoxy) is 1. The number of anilines is 1. The number of ketones is 1. The lowest BCUT2D eigenvalue weighted by molar-refractivity contribution is -0.0762. The summed E-state index contributed by atoms with van der Waals surface area (Å²) in [6, 6.07) is 19.5. The zero-order valence-electron chi connectivity index (χ0n) is 30.5. The fraction of sp³-hybridized carbons (Fsp3) is 0.395. The Kier molecular flexibility index (Phi) is 11.8. The number of hydrogen-bond acceptors (Lipinski definition) is 6. The van der Waals surface area contributed by atoms with Gasteiger partial charge in [-0.15, -0.1) is 11.3 Å². The average molecular weight is 743 g/mol. The molecule has 53 heavy (non-hydrogen) atoms. The molecule has 1 saturated carbocycles. The van der Waals surface area contributed by atoms with Crippen LogP contribution in [0.15, 0.2) is 89.8 Å². The van der Waals surface area contributed by atoms with E-state index in [0.29, 0.717) is 80.5 Å². The maximum absolute atomic E-state index is 14.4. The number of amides is 2. The minimum absolute atomic E-state index is 0.0208. The quantitative estimate of drug-likeness (QED) is 0.117. The second-order valence-corrected chi connectivity index (χ2v) is 15.8. The van der Waals surface area contributed by atoms with Gasteiger partial charge in [0.25, 0.3) is 0 Å². The molecule has 3 aliphatic carbocycles. The van der Waals surface area contributed by atoms with E-state index in [1.54, 1.807) is 53.7 Å². The van der Waals surface area contributed by atoms with E-state index < -0.39 is 34.5 Å². The number of halogens is 2. The third-order valence-corrected chi connectivity index (χ3v) is 12.3. The smallest absolute Gasteiger partial charge is 0.321 e. The SMILES string of the molecule is COc1ccc(NC(=O)N(CCc2cccs2)C[C@]2(O)CC[C@H]3c4ccc(cc4C(=O)c4ccc(F)c(F)c4)C[C@@H](O)CCC(C)=CCC[C@@]32C)cc1. The lowest BCUT2D eigenvalue weighted by atomic mass is 9.64. The van der Waals surface area contributed by atoms with Gasteiger partial charge in [-0.1, -0.05) is 36.8 Å². The Hall–Kier alpha value is -4.38. The molecule has 2 bridgehead atoms. The predicted molar refractivity (Wildman–Crippen MR) is 205 cm³/mol. The number of aliphatic hydroxyl groups is 2. The lowest BCUT2D eigenvalue weighted by Gasteiger charge is -2.46. The highest BCUT2D eigenvalue weighted by atomic mass is 32.1. The molecule has 1 fully saturated rings. The summed E-state index contributed by atoms with van der Waals surface area (Å²) in [7, 11) is 1.58. The first kappa shape index (κ1) is 38.3. The Bertz CT molecular complexity index is 1950. The van der Waals surface area contributed by atoms with Gasteiger partial charge in [0.05, 0.1) is 25.4 Å². The van der Waals surface area contributed by atoms with Crippen molar-refractivity contribution in [3.05, 3.63) is 129 Å². The van der Waals surface area contributed by atoms with Crippen LogP contribution in [-0.2, 0) is 12.8 Å². The zero-order valence-corrected chi connectivity index (χ0v) is 31.4. The summed E-state index contributed by atoms with van der Waals surface area (Å²) < 4.78 is 33.6. The molecule has 3 N–H and O–H groups in total. The molecule has 3 aliphatic rings. The first-order valence-corrected chi connectivity index (χ1v) is 19.2. The predicted octanol–water partition coefficient (Wildman–Crippen LogP) is 9.08. The summed E-state index contributed by atoms with van der Waals surface area (Å²) in [5.41, 5.74) is 1.44. The molecular formula is C43H48F2N2O5S. The summed E-state index contributed by atoms with van der Waals surface area (Å²) in [5, 5.41) is 28.9. The van der Waals surface area contributed by atoms with E-state index in [0.717, 1.165) is 28.1 Å². The number of methoxy groups -OCH3 is 1. The summed E-state index contributed by atoms with van der Waals surface area (Å²) in [6.45, 7) is 4.55. The van der Waals surface area contributed by atoms with Gasteiger partial charge in [-0.2, -0.15) is 0 Å². The highest BCUT2D eigenvalue weighted by Crippen LogP contribution is 2.59. The minimum Gasteiger partial charge on any atom is -0.497 e. The molecule has 7 nitrogen and oxygen atoms in total. The lowest BCUT2D eigenvalue weighted by Crippen LogP contribution is -2.54. The van der Waals surface area contributed by atoms with Crippen LogP contribution in [-0.4, -0.2) is 58.8 Å². The van der Waals surface area contributed by atoms with Crippen LogP contribution in [0.5, 0.6) is 5.75 Å². The van der Waals surface area contributed by atoms with Gasteiger partial charge in [0, 0.05) is 33.7 Å². The number of aliphatic hydroxyl groups excluding tert-OH is 1. The van der Waals surface area contributed by atoms with Crippen molar-refractivity contribution in [3.63, 3.8) is 0 Å². The Labute approximate surface area is 314 Å². The van der Waals surface area contributed by atoms with Crippen LogP contribution >= 0.6 is 11.3 Å². The molecule has 7 rings (SSSR count). The molecule has 4 aromatic rings. The van der Waals surface area contributed by atoms with Crippen LogP contribution in [0, 0.1) is 17.0 Å². The molecule has 0 unspecified atom stereocenters. The maximum Gasteiger partial charge on any atom is 0.321 e. The molecule has 3 aromatic carbocycles. The van der Waals surface area contributed by atoms with E-state index in [1.165, 1.54) is 6.07 Å². The van der Waals surface area contributed by atoms with E-state index >= 15 is 0 Å². The van der Waals surface area contributed by atoms with Crippen molar-refractivity contribution in [1.82, 2.24) is 4.90 Å². The van der Waals surface area contributed by atoms with E-state index in [-0.39, 0.29) is 24.1 Å². The van der Waals surface area contributed by atoms with E-state index in [1.807, 2.05) is 29.6 Å². The second kappa shape index (κ2) is 16.3. The van der Waals surface area contributed by atoms with Gasteiger partial charge in [-0.3, -0.25) is 4.79 Å². The van der Waals surface area contributed by atoms with Gasteiger partial charge in [0.1, 0.15) is 5.75 Å². The Balaban J connectivity index is 1.39. The van der Waals surface area contributed by atoms with Crippen molar-refractivity contribution in [3.8, 4) is 5.75 Å².